The molecule has 0 aliphatic heterocycles. The van der Waals surface area contributed by atoms with Crippen molar-refractivity contribution in [2.24, 2.45) is 5.41 Å². The molecule has 1 rings (SSSR count). The second-order valence-corrected chi connectivity index (χ2v) is 5.38. The van der Waals surface area contributed by atoms with Crippen LogP contribution in [0.3, 0.4) is 0 Å². The van der Waals surface area contributed by atoms with Crippen molar-refractivity contribution < 1.29 is 5.11 Å². The number of aliphatic hydroxyl groups is 1. The summed E-state index contributed by atoms with van der Waals surface area (Å²) in [6.07, 6.45) is 7.08. The Morgan fingerprint density at radius 3 is 2.27 bits per heavy atom. The van der Waals surface area contributed by atoms with Crippen molar-refractivity contribution in [2.75, 3.05) is 6.54 Å². The average molecular weight is 213 g/mol. The largest absolute Gasteiger partial charge is 0.393 e. The number of aliphatic hydroxyl groups excluding tert-OH is 1. The van der Waals surface area contributed by atoms with Crippen molar-refractivity contribution in [2.45, 2.75) is 71.4 Å². The van der Waals surface area contributed by atoms with E-state index in [2.05, 4.69) is 26.1 Å². The summed E-state index contributed by atoms with van der Waals surface area (Å²) in [6, 6.07) is 0.521. The second-order valence-electron chi connectivity index (χ2n) is 5.38. The number of hydrogen-bond acceptors (Lipinski definition) is 2. The molecule has 0 radical (unpaired) electrons. The highest BCUT2D eigenvalue weighted by atomic mass is 16.3. The van der Waals surface area contributed by atoms with Crippen molar-refractivity contribution in [3.8, 4) is 0 Å². The van der Waals surface area contributed by atoms with Gasteiger partial charge in [0.2, 0.25) is 0 Å². The van der Waals surface area contributed by atoms with E-state index in [0.29, 0.717) is 6.04 Å². The SMILES string of the molecule is CCC(O)C1(CNC(C)C)CCCCC1. The van der Waals surface area contributed by atoms with Gasteiger partial charge in [-0.1, -0.05) is 40.0 Å². The van der Waals surface area contributed by atoms with Crippen LogP contribution in [0.5, 0.6) is 0 Å². The molecule has 0 amide bonds. The van der Waals surface area contributed by atoms with E-state index in [1.54, 1.807) is 0 Å². The lowest BCUT2D eigenvalue weighted by atomic mass is 9.69. The van der Waals surface area contributed by atoms with Gasteiger partial charge in [0.05, 0.1) is 6.10 Å². The molecule has 0 heterocycles. The molecular weight excluding hydrogens is 186 g/mol. The van der Waals surface area contributed by atoms with E-state index in [1.807, 2.05) is 0 Å². The summed E-state index contributed by atoms with van der Waals surface area (Å²) < 4.78 is 0. The van der Waals surface area contributed by atoms with Crippen LogP contribution in [0.15, 0.2) is 0 Å². The molecular formula is C13H27NO. The standard InChI is InChI=1S/C13H27NO/c1-4-12(15)13(10-14-11(2)3)8-6-5-7-9-13/h11-12,14-15H,4-10H2,1-3H3. The molecule has 0 bridgehead atoms. The van der Waals surface area contributed by atoms with Gasteiger partial charge < -0.3 is 10.4 Å². The van der Waals surface area contributed by atoms with Crippen LogP contribution in [0.4, 0.5) is 0 Å². The van der Waals surface area contributed by atoms with Gasteiger partial charge in [0.25, 0.3) is 0 Å². The van der Waals surface area contributed by atoms with Crippen LogP contribution in [0.25, 0.3) is 0 Å². The summed E-state index contributed by atoms with van der Waals surface area (Å²) in [4.78, 5) is 0. The molecule has 1 saturated carbocycles. The van der Waals surface area contributed by atoms with Crippen LogP contribution in [0, 0.1) is 5.41 Å². The maximum Gasteiger partial charge on any atom is 0.0606 e. The van der Waals surface area contributed by atoms with Crippen LogP contribution in [0.2, 0.25) is 0 Å². The molecule has 15 heavy (non-hydrogen) atoms. The summed E-state index contributed by atoms with van der Waals surface area (Å²) >= 11 is 0. The highest BCUT2D eigenvalue weighted by Crippen LogP contribution is 2.39. The monoisotopic (exact) mass is 213 g/mol. The molecule has 0 aromatic carbocycles. The second kappa shape index (κ2) is 5.86. The molecule has 2 nitrogen and oxygen atoms in total. The summed E-state index contributed by atoms with van der Waals surface area (Å²) in [5, 5.41) is 13.7. The van der Waals surface area contributed by atoms with Crippen molar-refractivity contribution >= 4 is 0 Å². The first-order valence-corrected chi connectivity index (χ1v) is 6.52. The lowest BCUT2D eigenvalue weighted by Gasteiger charge is -2.41. The Labute approximate surface area is 94.5 Å². The van der Waals surface area contributed by atoms with Gasteiger partial charge in [0, 0.05) is 18.0 Å². The van der Waals surface area contributed by atoms with E-state index in [4.69, 9.17) is 0 Å². The molecule has 1 atom stereocenters. The molecule has 2 N–H and O–H groups in total. The lowest BCUT2D eigenvalue weighted by molar-refractivity contribution is -0.00677. The smallest absolute Gasteiger partial charge is 0.0606 e. The maximum atomic E-state index is 10.2. The fraction of sp³-hybridized carbons (Fsp3) is 1.00. The van der Waals surface area contributed by atoms with Crippen LogP contribution in [0.1, 0.15) is 59.3 Å². The van der Waals surface area contributed by atoms with Gasteiger partial charge in [-0.3, -0.25) is 0 Å². The highest BCUT2D eigenvalue weighted by Gasteiger charge is 2.37. The Kier molecular flexibility index (Phi) is 5.07. The molecule has 0 spiro atoms. The summed E-state index contributed by atoms with van der Waals surface area (Å²) in [7, 11) is 0. The van der Waals surface area contributed by atoms with Crippen LogP contribution in [-0.2, 0) is 0 Å². The van der Waals surface area contributed by atoms with Gasteiger partial charge in [-0.25, -0.2) is 0 Å². The van der Waals surface area contributed by atoms with Gasteiger partial charge in [0.15, 0.2) is 0 Å². The average Bonchev–Trinajstić information content (AvgIpc) is 2.26. The van der Waals surface area contributed by atoms with E-state index >= 15 is 0 Å². The molecule has 1 aliphatic rings. The normalized spacial score (nSPS) is 23.0. The van der Waals surface area contributed by atoms with E-state index < -0.39 is 0 Å². The fourth-order valence-corrected chi connectivity index (χ4v) is 2.72. The first-order valence-electron chi connectivity index (χ1n) is 6.52. The van der Waals surface area contributed by atoms with Crippen molar-refractivity contribution in [1.29, 1.82) is 0 Å². The predicted molar refractivity (Wildman–Crippen MR) is 65.0 cm³/mol. The molecule has 0 aromatic rings. The highest BCUT2D eigenvalue weighted by molar-refractivity contribution is 4.90. The molecule has 2 heteroatoms. The van der Waals surface area contributed by atoms with Crippen LogP contribution >= 0.6 is 0 Å². The quantitative estimate of drug-likeness (QED) is 0.736. The van der Waals surface area contributed by atoms with Crippen LogP contribution < -0.4 is 5.32 Å². The zero-order valence-corrected chi connectivity index (χ0v) is 10.6. The zero-order chi connectivity index (χ0) is 11.3. The van der Waals surface area contributed by atoms with Gasteiger partial charge in [-0.05, 0) is 19.3 Å². The Bertz CT molecular complexity index is 173. The number of nitrogens with one attached hydrogen (secondary N) is 1. The third-order valence-electron chi connectivity index (χ3n) is 3.81. The van der Waals surface area contributed by atoms with Crippen LogP contribution in [-0.4, -0.2) is 23.8 Å². The van der Waals surface area contributed by atoms with E-state index in [0.717, 1.165) is 13.0 Å². The fourth-order valence-electron chi connectivity index (χ4n) is 2.72. The Morgan fingerprint density at radius 2 is 1.80 bits per heavy atom. The van der Waals surface area contributed by atoms with Gasteiger partial charge in [-0.2, -0.15) is 0 Å². The summed E-state index contributed by atoms with van der Waals surface area (Å²) in [5.41, 5.74) is 0.164. The molecule has 90 valence electrons. The van der Waals surface area contributed by atoms with E-state index in [-0.39, 0.29) is 11.5 Å². The Morgan fingerprint density at radius 1 is 1.20 bits per heavy atom. The minimum atomic E-state index is -0.121. The van der Waals surface area contributed by atoms with Crippen molar-refractivity contribution in [3.63, 3.8) is 0 Å². The molecule has 1 aliphatic carbocycles. The third-order valence-corrected chi connectivity index (χ3v) is 3.81. The molecule has 0 saturated heterocycles. The minimum Gasteiger partial charge on any atom is -0.393 e. The zero-order valence-electron chi connectivity index (χ0n) is 10.6. The van der Waals surface area contributed by atoms with Gasteiger partial charge >= 0.3 is 0 Å². The summed E-state index contributed by atoms with van der Waals surface area (Å²) in [5.74, 6) is 0. The summed E-state index contributed by atoms with van der Waals surface area (Å²) in [6.45, 7) is 7.43. The van der Waals surface area contributed by atoms with Crippen molar-refractivity contribution in [1.82, 2.24) is 5.32 Å². The lowest BCUT2D eigenvalue weighted by Crippen LogP contribution is -2.46. The molecule has 1 fully saturated rings. The van der Waals surface area contributed by atoms with Gasteiger partial charge in [-0.15, -0.1) is 0 Å². The minimum absolute atomic E-state index is 0.121. The topological polar surface area (TPSA) is 32.3 Å². The molecule has 1 unspecified atom stereocenters. The Hall–Kier alpha value is -0.0800. The first-order chi connectivity index (χ1) is 7.10. The number of hydrogen-bond donors (Lipinski definition) is 2. The first kappa shape index (κ1) is 13.0. The predicted octanol–water partition coefficient (Wildman–Crippen LogP) is 2.71. The number of rotatable bonds is 5. The van der Waals surface area contributed by atoms with E-state index in [1.165, 1.54) is 32.1 Å². The maximum absolute atomic E-state index is 10.2. The van der Waals surface area contributed by atoms with Crippen molar-refractivity contribution in [3.05, 3.63) is 0 Å². The molecule has 0 aromatic heterocycles. The van der Waals surface area contributed by atoms with E-state index in [9.17, 15) is 5.11 Å². The third kappa shape index (κ3) is 3.46. The Balaban J connectivity index is 2.58. The van der Waals surface area contributed by atoms with Gasteiger partial charge in [0.1, 0.15) is 0 Å².